The van der Waals surface area contributed by atoms with Gasteiger partial charge in [-0.3, -0.25) is 9.59 Å². The molecule has 1 aliphatic rings. The van der Waals surface area contributed by atoms with Crippen LogP contribution in [0.2, 0.25) is 0 Å². The van der Waals surface area contributed by atoms with Crippen molar-refractivity contribution in [3.8, 4) is 0 Å². The second-order valence-corrected chi connectivity index (χ2v) is 8.26. The molecule has 0 radical (unpaired) electrons. The van der Waals surface area contributed by atoms with E-state index in [2.05, 4.69) is 32.0 Å². The first-order valence-corrected chi connectivity index (χ1v) is 10.8. The van der Waals surface area contributed by atoms with Gasteiger partial charge in [-0.15, -0.1) is 0 Å². The predicted octanol–water partition coefficient (Wildman–Crippen LogP) is 4.18. The summed E-state index contributed by atoms with van der Waals surface area (Å²) in [6.45, 7) is 4.83. The molecule has 0 aromatic heterocycles. The molecule has 0 spiro atoms. The number of aryl methyl sites for hydroxylation is 2. The summed E-state index contributed by atoms with van der Waals surface area (Å²) in [5.41, 5.74) is 3.52. The number of benzene rings is 1. The highest BCUT2D eigenvalue weighted by atomic mass is 16.4. The van der Waals surface area contributed by atoms with Crippen molar-refractivity contribution >= 4 is 11.9 Å². The Kier molecular flexibility index (Phi) is 9.39. The quantitative estimate of drug-likeness (QED) is 0.431. The Morgan fingerprint density at radius 1 is 1.17 bits per heavy atom. The topological polar surface area (TPSA) is 77.8 Å². The number of aliphatic carboxylic acids is 1. The lowest BCUT2D eigenvalue weighted by Gasteiger charge is -2.34. The molecule has 1 heterocycles. The number of carbonyl (C=O) groups excluding carboxylic acids is 1. The van der Waals surface area contributed by atoms with Gasteiger partial charge in [0.15, 0.2) is 0 Å². The van der Waals surface area contributed by atoms with E-state index in [4.69, 9.17) is 5.11 Å². The normalized spacial score (nSPS) is 18.4. The molecule has 2 atom stereocenters. The summed E-state index contributed by atoms with van der Waals surface area (Å²) in [5.74, 6) is -0.568. The molecule has 5 heteroatoms. The molecule has 1 fully saturated rings. The molecule has 5 nitrogen and oxygen atoms in total. The van der Waals surface area contributed by atoms with E-state index in [1.54, 1.807) is 0 Å². The van der Waals surface area contributed by atoms with Crippen LogP contribution >= 0.6 is 0 Å². The molecular formula is C24H35NO4. The number of likely N-dealkylation sites (tertiary alicyclic amines) is 1. The first kappa shape index (κ1) is 23.1. The van der Waals surface area contributed by atoms with E-state index >= 15 is 0 Å². The van der Waals surface area contributed by atoms with Gasteiger partial charge in [-0.2, -0.15) is 0 Å². The fraction of sp³-hybridized carbons (Fsp3) is 0.583. The van der Waals surface area contributed by atoms with Crippen molar-refractivity contribution in [2.24, 2.45) is 0 Å². The molecule has 1 unspecified atom stereocenters. The van der Waals surface area contributed by atoms with Crippen molar-refractivity contribution in [1.29, 1.82) is 0 Å². The number of hydrogen-bond acceptors (Lipinski definition) is 3. The van der Waals surface area contributed by atoms with E-state index in [-0.39, 0.29) is 18.4 Å². The SMILES string of the molecule is Cc1cc(C)cc(CC(O)/C=C/[C@H]2CCCC(=O)N2CCCCCCC(=O)O)c1. The van der Waals surface area contributed by atoms with Crippen LogP contribution in [0.1, 0.15) is 68.1 Å². The minimum atomic E-state index is -0.749. The van der Waals surface area contributed by atoms with E-state index in [1.165, 1.54) is 11.1 Å². The zero-order valence-corrected chi connectivity index (χ0v) is 17.8. The van der Waals surface area contributed by atoms with E-state index in [9.17, 15) is 14.7 Å². The average Bonchev–Trinajstić information content (AvgIpc) is 2.63. The summed E-state index contributed by atoms with van der Waals surface area (Å²) < 4.78 is 0. The van der Waals surface area contributed by atoms with Crippen molar-refractivity contribution in [3.05, 3.63) is 47.0 Å². The number of amides is 1. The van der Waals surface area contributed by atoms with Crippen molar-refractivity contribution in [3.63, 3.8) is 0 Å². The molecule has 29 heavy (non-hydrogen) atoms. The van der Waals surface area contributed by atoms with Crippen LogP contribution in [-0.2, 0) is 16.0 Å². The van der Waals surface area contributed by atoms with E-state index < -0.39 is 12.1 Å². The first-order valence-electron chi connectivity index (χ1n) is 10.8. The summed E-state index contributed by atoms with van der Waals surface area (Å²) in [6, 6.07) is 6.37. The van der Waals surface area contributed by atoms with E-state index in [0.717, 1.165) is 37.7 Å². The van der Waals surface area contributed by atoms with E-state index in [0.29, 0.717) is 25.8 Å². The fourth-order valence-corrected chi connectivity index (χ4v) is 4.10. The molecule has 1 aromatic rings. The molecule has 1 aromatic carbocycles. The summed E-state index contributed by atoms with van der Waals surface area (Å²) in [5, 5.41) is 19.1. The largest absolute Gasteiger partial charge is 0.481 e. The molecule has 2 N–H and O–H groups in total. The highest BCUT2D eigenvalue weighted by Gasteiger charge is 2.25. The highest BCUT2D eigenvalue weighted by Crippen LogP contribution is 2.21. The Hall–Kier alpha value is -2.14. The minimum Gasteiger partial charge on any atom is -0.481 e. The molecule has 1 amide bonds. The molecular weight excluding hydrogens is 366 g/mol. The summed E-state index contributed by atoms with van der Waals surface area (Å²) in [4.78, 5) is 24.9. The Morgan fingerprint density at radius 3 is 2.55 bits per heavy atom. The van der Waals surface area contributed by atoms with Crippen LogP contribution in [0.4, 0.5) is 0 Å². The third kappa shape index (κ3) is 8.40. The number of carboxylic acid groups (broad SMARTS) is 1. The molecule has 0 aliphatic carbocycles. The lowest BCUT2D eigenvalue weighted by atomic mass is 9.98. The maximum atomic E-state index is 12.4. The Bertz CT molecular complexity index is 693. The predicted molar refractivity (Wildman–Crippen MR) is 115 cm³/mol. The lowest BCUT2D eigenvalue weighted by molar-refractivity contribution is -0.137. The monoisotopic (exact) mass is 401 g/mol. The lowest BCUT2D eigenvalue weighted by Crippen LogP contribution is -2.43. The smallest absolute Gasteiger partial charge is 0.303 e. The number of aliphatic hydroxyl groups is 1. The van der Waals surface area contributed by atoms with Gasteiger partial charge in [-0.25, -0.2) is 0 Å². The number of rotatable bonds is 11. The highest BCUT2D eigenvalue weighted by molar-refractivity contribution is 5.77. The van der Waals surface area contributed by atoms with Crippen molar-refractivity contribution in [1.82, 2.24) is 4.90 Å². The summed E-state index contributed by atoms with van der Waals surface area (Å²) in [7, 11) is 0. The van der Waals surface area contributed by atoms with Crippen LogP contribution < -0.4 is 0 Å². The van der Waals surface area contributed by atoms with Gasteiger partial charge in [0.05, 0.1) is 12.1 Å². The maximum absolute atomic E-state index is 12.4. The minimum absolute atomic E-state index is 0.0455. The zero-order valence-electron chi connectivity index (χ0n) is 17.8. The van der Waals surface area contributed by atoms with Crippen LogP contribution in [0, 0.1) is 13.8 Å². The first-order chi connectivity index (χ1) is 13.8. The van der Waals surface area contributed by atoms with Crippen LogP contribution in [0.25, 0.3) is 0 Å². The molecule has 0 saturated carbocycles. The number of aliphatic hydroxyl groups excluding tert-OH is 1. The number of nitrogens with zero attached hydrogens (tertiary/aromatic N) is 1. The van der Waals surface area contributed by atoms with Crippen molar-refractivity contribution in [2.75, 3.05) is 6.54 Å². The maximum Gasteiger partial charge on any atom is 0.303 e. The Morgan fingerprint density at radius 2 is 1.86 bits per heavy atom. The molecule has 2 rings (SSSR count). The van der Waals surface area contributed by atoms with Crippen molar-refractivity contribution in [2.45, 2.75) is 83.8 Å². The number of carbonyl (C=O) groups is 2. The van der Waals surface area contributed by atoms with Crippen molar-refractivity contribution < 1.29 is 19.8 Å². The summed E-state index contributed by atoms with van der Waals surface area (Å²) >= 11 is 0. The second-order valence-electron chi connectivity index (χ2n) is 8.26. The van der Waals surface area contributed by atoms with Gasteiger partial charge in [-0.05, 0) is 45.1 Å². The third-order valence-electron chi connectivity index (χ3n) is 5.43. The molecule has 160 valence electrons. The van der Waals surface area contributed by atoms with Crippen LogP contribution in [-0.4, -0.2) is 45.7 Å². The summed E-state index contributed by atoms with van der Waals surface area (Å²) in [6.07, 6.45) is 9.85. The van der Waals surface area contributed by atoms with Gasteiger partial charge in [0.1, 0.15) is 0 Å². The third-order valence-corrected chi connectivity index (χ3v) is 5.43. The molecule has 1 saturated heterocycles. The van der Waals surface area contributed by atoms with Gasteiger partial charge in [0, 0.05) is 25.8 Å². The number of hydrogen-bond donors (Lipinski definition) is 2. The average molecular weight is 402 g/mol. The van der Waals surface area contributed by atoms with Crippen LogP contribution in [0.5, 0.6) is 0 Å². The second kappa shape index (κ2) is 11.8. The molecule has 0 bridgehead atoms. The Balaban J connectivity index is 1.85. The van der Waals surface area contributed by atoms with Crippen LogP contribution in [0.3, 0.4) is 0 Å². The van der Waals surface area contributed by atoms with Gasteiger partial charge in [0.2, 0.25) is 5.91 Å². The van der Waals surface area contributed by atoms with Crippen LogP contribution in [0.15, 0.2) is 30.4 Å². The van der Waals surface area contributed by atoms with Gasteiger partial charge >= 0.3 is 5.97 Å². The standard InChI is InChI=1S/C24H35NO4/c1-18-14-19(2)16-20(15-18)17-22(26)12-11-21-8-7-9-23(27)25(21)13-6-4-3-5-10-24(28)29/h11-12,14-16,21-22,26H,3-10,13,17H2,1-2H3,(H,28,29)/b12-11+/t21-,22?/m1/s1. The number of piperidine rings is 1. The van der Waals surface area contributed by atoms with Gasteiger partial charge in [0.25, 0.3) is 0 Å². The zero-order chi connectivity index (χ0) is 21.2. The Labute approximate surface area is 174 Å². The molecule has 1 aliphatic heterocycles. The number of carboxylic acids is 1. The van der Waals surface area contributed by atoms with Gasteiger partial charge < -0.3 is 15.1 Å². The fourth-order valence-electron chi connectivity index (χ4n) is 4.10. The van der Waals surface area contributed by atoms with E-state index in [1.807, 2.05) is 17.1 Å². The number of unbranched alkanes of at least 4 members (excludes halogenated alkanes) is 3. The van der Waals surface area contributed by atoms with Gasteiger partial charge in [-0.1, -0.05) is 54.3 Å².